The van der Waals surface area contributed by atoms with E-state index in [2.05, 4.69) is 38.1 Å². The topological polar surface area (TPSA) is 40.5 Å². The maximum Gasteiger partial charge on any atom is 0.0776 e. The third-order valence-corrected chi connectivity index (χ3v) is 3.25. The molecule has 0 saturated carbocycles. The Kier molecular flexibility index (Phi) is 6.23. The zero-order valence-corrected chi connectivity index (χ0v) is 10.9. The molecule has 0 aromatic heterocycles. The minimum Gasteiger partial charge on any atom is -0.394 e. The predicted octanol–water partition coefficient (Wildman–Crippen LogP) is 2.88. The number of hydrogen-bond acceptors (Lipinski definition) is 2. The molecule has 0 aliphatic rings. The quantitative estimate of drug-likeness (QED) is 0.764. The Morgan fingerprint density at radius 2 is 1.76 bits per heavy atom. The maximum absolute atomic E-state index is 9.51. The minimum atomic E-state index is -0.602. The van der Waals surface area contributed by atoms with Crippen molar-refractivity contribution >= 4 is 0 Å². The highest BCUT2D eigenvalue weighted by Crippen LogP contribution is 2.25. The van der Waals surface area contributed by atoms with Gasteiger partial charge in [-0.2, -0.15) is 0 Å². The summed E-state index contributed by atoms with van der Waals surface area (Å²) in [6, 6.07) is 8.66. The molecule has 2 atom stereocenters. The lowest BCUT2D eigenvalue weighted by atomic mass is 9.90. The zero-order valence-electron chi connectivity index (χ0n) is 10.9. The molecule has 0 saturated heterocycles. The van der Waals surface area contributed by atoms with Gasteiger partial charge >= 0.3 is 0 Å². The Labute approximate surface area is 104 Å². The fourth-order valence-electron chi connectivity index (χ4n) is 2.19. The number of rotatable bonds is 7. The van der Waals surface area contributed by atoms with Crippen LogP contribution >= 0.6 is 0 Å². The Hall–Kier alpha value is -0.860. The monoisotopic (exact) mass is 236 g/mol. The Balaban J connectivity index is 2.68. The first kappa shape index (κ1) is 14.2. The molecule has 96 valence electrons. The van der Waals surface area contributed by atoms with E-state index in [1.54, 1.807) is 0 Å². The van der Waals surface area contributed by atoms with Gasteiger partial charge < -0.3 is 10.2 Å². The molecule has 1 aromatic carbocycles. The van der Waals surface area contributed by atoms with Crippen molar-refractivity contribution in [3.05, 3.63) is 35.4 Å². The second-order valence-electron chi connectivity index (χ2n) is 4.67. The molecule has 2 N–H and O–H groups in total. The first-order valence-electron chi connectivity index (χ1n) is 6.59. The van der Waals surface area contributed by atoms with Crippen LogP contribution in [0.3, 0.4) is 0 Å². The first-order chi connectivity index (χ1) is 8.21. The average Bonchev–Trinajstić information content (AvgIpc) is 2.37. The van der Waals surface area contributed by atoms with Crippen molar-refractivity contribution in [2.75, 3.05) is 6.61 Å². The molecular formula is C15H24O2. The van der Waals surface area contributed by atoms with Crippen LogP contribution in [0.25, 0.3) is 0 Å². The van der Waals surface area contributed by atoms with Gasteiger partial charge in [0, 0.05) is 0 Å². The van der Waals surface area contributed by atoms with E-state index in [0.29, 0.717) is 12.3 Å². The summed E-state index contributed by atoms with van der Waals surface area (Å²) in [7, 11) is 0. The van der Waals surface area contributed by atoms with Crippen molar-refractivity contribution in [2.45, 2.75) is 51.6 Å². The summed E-state index contributed by atoms with van der Waals surface area (Å²) in [6.07, 6.45) is 3.32. The number of aliphatic hydroxyl groups excluding tert-OH is 2. The molecule has 17 heavy (non-hydrogen) atoms. The second kappa shape index (κ2) is 7.46. The molecule has 2 unspecified atom stereocenters. The molecule has 2 nitrogen and oxygen atoms in total. The van der Waals surface area contributed by atoms with Crippen molar-refractivity contribution < 1.29 is 10.2 Å². The maximum atomic E-state index is 9.51. The van der Waals surface area contributed by atoms with Crippen molar-refractivity contribution in [3.63, 3.8) is 0 Å². The fraction of sp³-hybridized carbons (Fsp3) is 0.600. The molecule has 2 heteroatoms. The van der Waals surface area contributed by atoms with Gasteiger partial charge in [0.25, 0.3) is 0 Å². The molecule has 0 aliphatic heterocycles. The number of aliphatic hydroxyl groups is 2. The van der Waals surface area contributed by atoms with E-state index in [1.807, 2.05) is 0 Å². The summed E-state index contributed by atoms with van der Waals surface area (Å²) >= 11 is 0. The van der Waals surface area contributed by atoms with Crippen LogP contribution in [0, 0.1) is 0 Å². The summed E-state index contributed by atoms with van der Waals surface area (Å²) in [5.74, 6) is 0.341. The molecule has 1 rings (SSSR count). The largest absolute Gasteiger partial charge is 0.394 e. The number of aryl methyl sites for hydroxylation is 1. The molecule has 0 spiro atoms. The standard InChI is InChI=1S/C15H24O2/c1-3-5-12-6-8-14(9-7-12)13(4-2)10-15(17)11-16/h6-9,13,15-17H,3-5,10-11H2,1-2H3. The lowest BCUT2D eigenvalue weighted by Gasteiger charge is -2.18. The van der Waals surface area contributed by atoms with Crippen molar-refractivity contribution in [3.8, 4) is 0 Å². The molecule has 0 aliphatic carbocycles. The molecule has 0 amide bonds. The van der Waals surface area contributed by atoms with Gasteiger partial charge in [-0.1, -0.05) is 44.5 Å². The third kappa shape index (κ3) is 4.49. The molecule has 1 aromatic rings. The van der Waals surface area contributed by atoms with Gasteiger partial charge in [0.15, 0.2) is 0 Å². The lowest BCUT2D eigenvalue weighted by molar-refractivity contribution is 0.0817. The van der Waals surface area contributed by atoms with Gasteiger partial charge in [-0.05, 0) is 36.3 Å². The fourth-order valence-corrected chi connectivity index (χ4v) is 2.19. The SMILES string of the molecule is CCCc1ccc(C(CC)CC(O)CO)cc1. The van der Waals surface area contributed by atoms with E-state index in [4.69, 9.17) is 5.11 Å². The van der Waals surface area contributed by atoms with E-state index < -0.39 is 6.10 Å². The lowest BCUT2D eigenvalue weighted by Crippen LogP contribution is -2.16. The summed E-state index contributed by atoms with van der Waals surface area (Å²) < 4.78 is 0. The van der Waals surface area contributed by atoms with Crippen LogP contribution in [0.1, 0.15) is 50.2 Å². The van der Waals surface area contributed by atoms with E-state index >= 15 is 0 Å². The van der Waals surface area contributed by atoms with Crippen LogP contribution in [-0.2, 0) is 6.42 Å². The summed E-state index contributed by atoms with van der Waals surface area (Å²) in [6.45, 7) is 4.15. The molecular weight excluding hydrogens is 212 g/mol. The summed E-state index contributed by atoms with van der Waals surface area (Å²) in [4.78, 5) is 0. The summed E-state index contributed by atoms with van der Waals surface area (Å²) in [5, 5.41) is 18.4. The summed E-state index contributed by atoms with van der Waals surface area (Å²) in [5.41, 5.74) is 2.63. The first-order valence-corrected chi connectivity index (χ1v) is 6.59. The van der Waals surface area contributed by atoms with Crippen molar-refractivity contribution in [2.24, 2.45) is 0 Å². The minimum absolute atomic E-state index is 0.148. The van der Waals surface area contributed by atoms with Crippen LogP contribution in [0.5, 0.6) is 0 Å². The van der Waals surface area contributed by atoms with Crippen LogP contribution in [0.4, 0.5) is 0 Å². The van der Waals surface area contributed by atoms with Crippen molar-refractivity contribution in [1.82, 2.24) is 0 Å². The van der Waals surface area contributed by atoms with Gasteiger partial charge in [-0.3, -0.25) is 0 Å². The van der Waals surface area contributed by atoms with Crippen LogP contribution < -0.4 is 0 Å². The molecule has 0 fully saturated rings. The normalized spacial score (nSPS) is 14.6. The zero-order chi connectivity index (χ0) is 12.7. The highest BCUT2D eigenvalue weighted by molar-refractivity contribution is 5.25. The van der Waals surface area contributed by atoms with Crippen molar-refractivity contribution in [1.29, 1.82) is 0 Å². The smallest absolute Gasteiger partial charge is 0.0776 e. The van der Waals surface area contributed by atoms with E-state index in [-0.39, 0.29) is 6.61 Å². The van der Waals surface area contributed by atoms with Crippen LogP contribution in [0.2, 0.25) is 0 Å². The average molecular weight is 236 g/mol. The van der Waals surface area contributed by atoms with Gasteiger partial charge in [-0.15, -0.1) is 0 Å². The Morgan fingerprint density at radius 3 is 2.24 bits per heavy atom. The molecule has 0 bridgehead atoms. The molecule has 0 radical (unpaired) electrons. The Morgan fingerprint density at radius 1 is 1.12 bits per heavy atom. The third-order valence-electron chi connectivity index (χ3n) is 3.25. The van der Waals surface area contributed by atoms with Gasteiger partial charge in [0.05, 0.1) is 12.7 Å². The number of hydrogen-bond donors (Lipinski definition) is 2. The van der Waals surface area contributed by atoms with E-state index in [9.17, 15) is 5.11 Å². The second-order valence-corrected chi connectivity index (χ2v) is 4.67. The number of benzene rings is 1. The molecule has 0 heterocycles. The Bertz CT molecular complexity index is 305. The predicted molar refractivity (Wildman–Crippen MR) is 71.2 cm³/mol. The van der Waals surface area contributed by atoms with E-state index in [0.717, 1.165) is 12.8 Å². The van der Waals surface area contributed by atoms with Gasteiger partial charge in [0.1, 0.15) is 0 Å². The van der Waals surface area contributed by atoms with Gasteiger partial charge in [-0.25, -0.2) is 0 Å². The van der Waals surface area contributed by atoms with Gasteiger partial charge in [0.2, 0.25) is 0 Å². The highest BCUT2D eigenvalue weighted by atomic mass is 16.3. The van der Waals surface area contributed by atoms with Crippen LogP contribution in [-0.4, -0.2) is 22.9 Å². The highest BCUT2D eigenvalue weighted by Gasteiger charge is 2.14. The van der Waals surface area contributed by atoms with E-state index in [1.165, 1.54) is 17.5 Å². The van der Waals surface area contributed by atoms with Crippen LogP contribution in [0.15, 0.2) is 24.3 Å².